The second-order valence-electron chi connectivity index (χ2n) is 10.5. The lowest BCUT2D eigenvalue weighted by Gasteiger charge is -2.21. The SMILES string of the molecule is CC(C)(C)NS(=O)(=O)c1ccccc1-c1ccc(NC(=O)C2OC2(C)c2ccc3ccncc3c2)cc1. The zero-order valence-electron chi connectivity index (χ0n) is 21.1. The summed E-state index contributed by atoms with van der Waals surface area (Å²) in [6.07, 6.45) is 2.93. The van der Waals surface area contributed by atoms with Gasteiger partial charge >= 0.3 is 0 Å². The van der Waals surface area contributed by atoms with Gasteiger partial charge in [-0.1, -0.05) is 42.5 Å². The molecule has 190 valence electrons. The standard InChI is InChI=1S/C29H29N3O4S/c1-28(2,3)32-37(34,35)25-8-6-5-7-24(25)20-10-13-23(14-11-20)31-27(33)26-29(4,36-26)22-12-9-19-15-16-30-18-21(19)17-22/h5-18,26,32H,1-4H3,(H,31,33). The van der Waals surface area contributed by atoms with Crippen LogP contribution in [0.5, 0.6) is 0 Å². The first-order valence-corrected chi connectivity index (χ1v) is 13.5. The normalized spacial score (nSPS) is 19.5. The van der Waals surface area contributed by atoms with E-state index in [1.54, 1.807) is 81.7 Å². The van der Waals surface area contributed by atoms with Crippen LogP contribution >= 0.6 is 0 Å². The number of hydrogen-bond donors (Lipinski definition) is 2. The minimum atomic E-state index is -3.72. The highest BCUT2D eigenvalue weighted by atomic mass is 32.2. The molecule has 37 heavy (non-hydrogen) atoms. The molecule has 7 nitrogen and oxygen atoms in total. The van der Waals surface area contributed by atoms with Gasteiger partial charge in [-0.15, -0.1) is 0 Å². The average Bonchev–Trinajstić information content (AvgIpc) is 3.56. The molecular weight excluding hydrogens is 486 g/mol. The number of hydrogen-bond acceptors (Lipinski definition) is 5. The molecule has 5 rings (SSSR count). The zero-order valence-corrected chi connectivity index (χ0v) is 22.0. The molecular formula is C29H29N3O4S. The summed E-state index contributed by atoms with van der Waals surface area (Å²) in [6.45, 7) is 7.31. The van der Waals surface area contributed by atoms with Gasteiger partial charge in [0.25, 0.3) is 5.91 Å². The highest BCUT2D eigenvalue weighted by molar-refractivity contribution is 7.89. The van der Waals surface area contributed by atoms with Gasteiger partial charge in [0, 0.05) is 34.6 Å². The number of anilines is 1. The minimum Gasteiger partial charge on any atom is -0.351 e. The van der Waals surface area contributed by atoms with Crippen LogP contribution in [0.1, 0.15) is 33.3 Å². The van der Waals surface area contributed by atoms with Crippen molar-refractivity contribution in [2.24, 2.45) is 0 Å². The quantitative estimate of drug-likeness (QED) is 0.343. The van der Waals surface area contributed by atoms with Gasteiger partial charge in [0.2, 0.25) is 10.0 Å². The number of nitrogens with one attached hydrogen (secondary N) is 2. The van der Waals surface area contributed by atoms with Gasteiger partial charge in [-0.25, -0.2) is 13.1 Å². The zero-order chi connectivity index (χ0) is 26.4. The molecule has 1 aliphatic heterocycles. The number of rotatable bonds is 6. The Morgan fingerprint density at radius 3 is 2.43 bits per heavy atom. The smallest absolute Gasteiger partial charge is 0.256 e. The fraction of sp³-hybridized carbons (Fsp3) is 0.241. The summed E-state index contributed by atoms with van der Waals surface area (Å²) in [4.78, 5) is 17.3. The highest BCUT2D eigenvalue weighted by Gasteiger charge is 2.58. The van der Waals surface area contributed by atoms with Crippen molar-refractivity contribution in [1.82, 2.24) is 9.71 Å². The second-order valence-corrected chi connectivity index (χ2v) is 12.1. The monoisotopic (exact) mass is 515 g/mol. The van der Waals surface area contributed by atoms with Crippen LogP contribution in [0.25, 0.3) is 21.9 Å². The van der Waals surface area contributed by atoms with Crippen molar-refractivity contribution in [3.8, 4) is 11.1 Å². The average molecular weight is 516 g/mol. The van der Waals surface area contributed by atoms with Crippen molar-refractivity contribution in [2.75, 3.05) is 5.32 Å². The molecule has 2 atom stereocenters. The predicted octanol–water partition coefficient (Wildman–Crippen LogP) is 5.23. The van der Waals surface area contributed by atoms with Crippen molar-refractivity contribution in [3.63, 3.8) is 0 Å². The van der Waals surface area contributed by atoms with E-state index < -0.39 is 27.3 Å². The maximum absolute atomic E-state index is 13.0. The van der Waals surface area contributed by atoms with Gasteiger partial charge < -0.3 is 10.1 Å². The Morgan fingerprint density at radius 2 is 1.70 bits per heavy atom. The summed E-state index contributed by atoms with van der Waals surface area (Å²) >= 11 is 0. The predicted molar refractivity (Wildman–Crippen MR) is 145 cm³/mol. The van der Waals surface area contributed by atoms with Gasteiger partial charge in [-0.3, -0.25) is 9.78 Å². The lowest BCUT2D eigenvalue weighted by Crippen LogP contribution is -2.40. The summed E-state index contributed by atoms with van der Waals surface area (Å²) < 4.78 is 34.6. The first kappa shape index (κ1) is 25.1. The lowest BCUT2D eigenvalue weighted by molar-refractivity contribution is -0.117. The van der Waals surface area contributed by atoms with E-state index in [2.05, 4.69) is 15.0 Å². The Labute approximate surface area is 216 Å². The number of ether oxygens (including phenoxy) is 1. The summed E-state index contributed by atoms with van der Waals surface area (Å²) in [5.41, 5.74) is 1.52. The molecule has 2 heterocycles. The number of aromatic nitrogens is 1. The highest BCUT2D eigenvalue weighted by Crippen LogP contribution is 2.47. The summed E-state index contributed by atoms with van der Waals surface area (Å²) in [5.74, 6) is -0.237. The summed E-state index contributed by atoms with van der Waals surface area (Å²) in [6, 6.07) is 21.9. The van der Waals surface area contributed by atoms with Crippen LogP contribution in [0.15, 0.2) is 90.1 Å². The second kappa shape index (κ2) is 9.06. The van der Waals surface area contributed by atoms with Crippen LogP contribution in [0.2, 0.25) is 0 Å². The molecule has 1 fully saturated rings. The molecule has 3 aromatic carbocycles. The van der Waals surface area contributed by atoms with Gasteiger partial charge in [-0.2, -0.15) is 0 Å². The van der Waals surface area contributed by atoms with Crippen LogP contribution in [0.3, 0.4) is 0 Å². The minimum absolute atomic E-state index is 0.203. The molecule has 2 unspecified atom stereocenters. The van der Waals surface area contributed by atoms with E-state index in [1.807, 2.05) is 31.2 Å². The van der Waals surface area contributed by atoms with E-state index in [4.69, 9.17) is 4.74 Å². The molecule has 1 aromatic heterocycles. The van der Waals surface area contributed by atoms with Gasteiger partial charge in [0.1, 0.15) is 5.60 Å². The molecule has 0 radical (unpaired) electrons. The van der Waals surface area contributed by atoms with E-state index in [1.165, 1.54) is 0 Å². The van der Waals surface area contributed by atoms with Crippen molar-refractivity contribution in [2.45, 2.75) is 49.8 Å². The topological polar surface area (TPSA) is 101 Å². The maximum atomic E-state index is 13.0. The van der Waals surface area contributed by atoms with Crippen molar-refractivity contribution < 1.29 is 17.9 Å². The molecule has 1 saturated heterocycles. The van der Waals surface area contributed by atoms with Crippen LogP contribution in [0.4, 0.5) is 5.69 Å². The third-order valence-electron chi connectivity index (χ3n) is 6.34. The Morgan fingerprint density at radius 1 is 0.973 bits per heavy atom. The number of epoxide rings is 1. The number of carbonyl (C=O) groups is 1. The number of pyridine rings is 1. The van der Waals surface area contributed by atoms with Gasteiger partial charge in [0.05, 0.1) is 4.90 Å². The Balaban J connectivity index is 1.32. The Kier molecular flexibility index (Phi) is 6.14. The number of nitrogens with zero attached hydrogens (tertiary/aromatic N) is 1. The van der Waals surface area contributed by atoms with E-state index in [0.717, 1.165) is 21.9 Å². The largest absolute Gasteiger partial charge is 0.351 e. The Bertz CT molecular complexity index is 1590. The van der Waals surface area contributed by atoms with Crippen LogP contribution in [-0.2, 0) is 25.2 Å². The van der Waals surface area contributed by atoms with Crippen LogP contribution in [0, 0.1) is 0 Å². The molecule has 1 amide bonds. The first-order chi connectivity index (χ1) is 17.5. The van der Waals surface area contributed by atoms with E-state index in [9.17, 15) is 13.2 Å². The number of benzene rings is 3. The van der Waals surface area contributed by atoms with Crippen LogP contribution in [-0.4, -0.2) is 31.0 Å². The van der Waals surface area contributed by atoms with Crippen molar-refractivity contribution >= 4 is 32.4 Å². The lowest BCUT2D eigenvalue weighted by atomic mass is 9.95. The number of carbonyl (C=O) groups excluding carboxylic acids is 1. The number of fused-ring (bicyclic) bond motifs is 1. The molecule has 0 bridgehead atoms. The fourth-order valence-electron chi connectivity index (χ4n) is 4.47. The van der Waals surface area contributed by atoms with E-state index in [-0.39, 0.29) is 10.8 Å². The molecule has 0 aliphatic carbocycles. The molecule has 2 N–H and O–H groups in total. The first-order valence-electron chi connectivity index (χ1n) is 12.0. The third-order valence-corrected chi connectivity index (χ3v) is 8.15. The van der Waals surface area contributed by atoms with Crippen molar-refractivity contribution in [1.29, 1.82) is 0 Å². The van der Waals surface area contributed by atoms with Crippen molar-refractivity contribution in [3.05, 3.63) is 90.8 Å². The van der Waals surface area contributed by atoms with Crippen LogP contribution < -0.4 is 10.0 Å². The third kappa shape index (κ3) is 5.13. The van der Waals surface area contributed by atoms with Gasteiger partial charge in [0.15, 0.2) is 6.10 Å². The number of sulfonamides is 1. The molecule has 0 saturated carbocycles. The molecule has 0 spiro atoms. The summed E-state index contributed by atoms with van der Waals surface area (Å²) in [7, 11) is -3.72. The molecule has 8 heteroatoms. The maximum Gasteiger partial charge on any atom is 0.256 e. The van der Waals surface area contributed by atoms with Gasteiger partial charge in [-0.05, 0) is 74.5 Å². The van der Waals surface area contributed by atoms with E-state index >= 15 is 0 Å². The molecule has 1 aliphatic rings. The Hall–Kier alpha value is -3.59. The van der Waals surface area contributed by atoms with E-state index in [0.29, 0.717) is 11.3 Å². The fourth-order valence-corrected chi connectivity index (χ4v) is 6.12. The number of amides is 1. The molecule has 4 aromatic rings. The summed E-state index contributed by atoms with van der Waals surface area (Å²) in [5, 5.41) is 4.98.